The summed E-state index contributed by atoms with van der Waals surface area (Å²) in [6.07, 6.45) is 0. The zero-order chi connectivity index (χ0) is 23.6. The molecule has 0 bridgehead atoms. The van der Waals surface area contributed by atoms with Gasteiger partial charge in [0.1, 0.15) is 0 Å². The van der Waals surface area contributed by atoms with Crippen LogP contribution in [-0.4, -0.2) is 41.9 Å². The molecule has 0 aliphatic heterocycles. The second-order valence-corrected chi connectivity index (χ2v) is 10.2. The number of hydrogen-bond donors (Lipinski definition) is 1. The molecular weight excluding hydrogens is 428 g/mol. The van der Waals surface area contributed by atoms with Crippen molar-refractivity contribution in [1.82, 2.24) is 14.4 Å². The van der Waals surface area contributed by atoms with E-state index in [1.54, 1.807) is 32.0 Å². The lowest BCUT2D eigenvalue weighted by atomic mass is 10.1. The summed E-state index contributed by atoms with van der Waals surface area (Å²) in [7, 11) is -2.20. The smallest absolute Gasteiger partial charge is 0.260 e. The van der Waals surface area contributed by atoms with Gasteiger partial charge >= 0.3 is 0 Å². The molecule has 0 saturated carbocycles. The van der Waals surface area contributed by atoms with Gasteiger partial charge in [0.25, 0.3) is 11.8 Å². The molecular formula is C23H28N4O4S. The van der Waals surface area contributed by atoms with Crippen LogP contribution in [0.3, 0.4) is 0 Å². The number of aryl methyl sites for hydroxylation is 1. The zero-order valence-corrected chi connectivity index (χ0v) is 19.9. The third kappa shape index (κ3) is 4.73. The summed E-state index contributed by atoms with van der Waals surface area (Å²) in [4.78, 5) is 17.6. The Hall–Kier alpha value is -3.04. The monoisotopic (exact) mass is 456 g/mol. The SMILES string of the molecule is Cc1cccc(-c2nc(C(C)C)no2)c1NC(=O)c1cccc(S(=O)(=O)N(C)C(C)C)c1. The van der Waals surface area contributed by atoms with E-state index in [0.29, 0.717) is 23.0 Å². The van der Waals surface area contributed by atoms with E-state index in [2.05, 4.69) is 15.5 Å². The summed E-state index contributed by atoms with van der Waals surface area (Å²) in [5.74, 6) is 0.547. The quantitative estimate of drug-likeness (QED) is 0.563. The first kappa shape index (κ1) is 23.6. The summed E-state index contributed by atoms with van der Waals surface area (Å²) < 4.78 is 32.3. The van der Waals surface area contributed by atoms with Gasteiger partial charge in [-0.05, 0) is 50.6 Å². The predicted molar refractivity (Wildman–Crippen MR) is 123 cm³/mol. The fourth-order valence-electron chi connectivity index (χ4n) is 3.02. The van der Waals surface area contributed by atoms with Crippen molar-refractivity contribution >= 4 is 21.6 Å². The lowest BCUT2D eigenvalue weighted by Gasteiger charge is -2.21. The molecule has 0 radical (unpaired) electrons. The van der Waals surface area contributed by atoms with Crippen LogP contribution in [0, 0.1) is 6.92 Å². The van der Waals surface area contributed by atoms with Gasteiger partial charge in [-0.3, -0.25) is 4.79 Å². The summed E-state index contributed by atoms with van der Waals surface area (Å²) in [5, 5.41) is 6.89. The van der Waals surface area contributed by atoms with Gasteiger partial charge in [0.15, 0.2) is 5.82 Å². The van der Waals surface area contributed by atoms with Crippen LogP contribution in [0.25, 0.3) is 11.5 Å². The van der Waals surface area contributed by atoms with Crippen molar-refractivity contribution in [1.29, 1.82) is 0 Å². The van der Waals surface area contributed by atoms with E-state index in [0.717, 1.165) is 5.56 Å². The topological polar surface area (TPSA) is 105 Å². The highest BCUT2D eigenvalue weighted by molar-refractivity contribution is 7.89. The van der Waals surface area contributed by atoms with Crippen molar-refractivity contribution in [2.24, 2.45) is 0 Å². The molecule has 32 heavy (non-hydrogen) atoms. The van der Waals surface area contributed by atoms with Crippen molar-refractivity contribution in [3.8, 4) is 11.5 Å². The van der Waals surface area contributed by atoms with E-state index >= 15 is 0 Å². The van der Waals surface area contributed by atoms with Gasteiger partial charge in [-0.2, -0.15) is 9.29 Å². The number of nitrogens with zero attached hydrogens (tertiary/aromatic N) is 3. The number of carbonyl (C=O) groups is 1. The maximum atomic E-state index is 13.1. The van der Waals surface area contributed by atoms with Crippen LogP contribution >= 0.6 is 0 Å². The molecule has 170 valence electrons. The van der Waals surface area contributed by atoms with Gasteiger partial charge in [0, 0.05) is 24.6 Å². The molecule has 1 N–H and O–H groups in total. The Balaban J connectivity index is 1.95. The molecule has 0 unspecified atom stereocenters. The number of para-hydroxylation sites is 1. The molecule has 0 saturated heterocycles. The van der Waals surface area contributed by atoms with E-state index < -0.39 is 15.9 Å². The number of rotatable bonds is 7. The lowest BCUT2D eigenvalue weighted by Crippen LogP contribution is -2.33. The number of anilines is 1. The number of nitrogens with one attached hydrogen (secondary N) is 1. The molecule has 0 aliphatic rings. The van der Waals surface area contributed by atoms with Crippen molar-refractivity contribution in [3.63, 3.8) is 0 Å². The molecule has 2 aromatic carbocycles. The fraction of sp³-hybridized carbons (Fsp3) is 0.348. The molecule has 1 heterocycles. The molecule has 8 nitrogen and oxygen atoms in total. The second kappa shape index (κ2) is 9.22. The Morgan fingerprint density at radius 1 is 1.09 bits per heavy atom. The minimum atomic E-state index is -3.71. The van der Waals surface area contributed by atoms with E-state index in [9.17, 15) is 13.2 Å². The predicted octanol–water partition coefficient (Wildman–Crippen LogP) is 4.45. The van der Waals surface area contributed by atoms with Crippen molar-refractivity contribution in [2.45, 2.75) is 51.5 Å². The van der Waals surface area contributed by atoms with Gasteiger partial charge in [0.2, 0.25) is 10.0 Å². The number of amides is 1. The standard InChI is InChI=1S/C23H28N4O4S/c1-14(2)21-25-23(31-26-21)19-12-7-9-16(5)20(19)24-22(28)17-10-8-11-18(13-17)32(29,30)27(6)15(3)4/h7-15H,1-6H3,(H,24,28). The zero-order valence-electron chi connectivity index (χ0n) is 19.1. The maximum Gasteiger partial charge on any atom is 0.260 e. The van der Waals surface area contributed by atoms with Crippen LogP contribution in [0.5, 0.6) is 0 Å². The van der Waals surface area contributed by atoms with Crippen molar-refractivity contribution < 1.29 is 17.7 Å². The Morgan fingerprint density at radius 2 is 1.78 bits per heavy atom. The first-order valence-electron chi connectivity index (χ1n) is 10.4. The molecule has 9 heteroatoms. The minimum absolute atomic E-state index is 0.0600. The summed E-state index contributed by atoms with van der Waals surface area (Å²) >= 11 is 0. The largest absolute Gasteiger partial charge is 0.334 e. The van der Waals surface area contributed by atoms with Crippen LogP contribution in [0.2, 0.25) is 0 Å². The Kier molecular flexibility index (Phi) is 6.80. The fourth-order valence-corrected chi connectivity index (χ4v) is 4.43. The van der Waals surface area contributed by atoms with Gasteiger partial charge in [0.05, 0.1) is 16.1 Å². The Bertz CT molecular complexity index is 1230. The number of benzene rings is 2. The molecule has 0 atom stereocenters. The maximum absolute atomic E-state index is 13.1. The van der Waals surface area contributed by atoms with Gasteiger partial charge in [-0.25, -0.2) is 8.42 Å². The molecule has 1 amide bonds. The number of sulfonamides is 1. The number of aromatic nitrogens is 2. The normalized spacial score (nSPS) is 12.0. The molecule has 0 aliphatic carbocycles. The van der Waals surface area contributed by atoms with Crippen LogP contribution < -0.4 is 5.32 Å². The summed E-state index contributed by atoms with van der Waals surface area (Å²) in [6, 6.07) is 11.3. The van der Waals surface area contributed by atoms with E-state index in [-0.39, 0.29) is 22.4 Å². The second-order valence-electron chi connectivity index (χ2n) is 8.21. The van der Waals surface area contributed by atoms with E-state index in [1.807, 2.05) is 32.9 Å². The van der Waals surface area contributed by atoms with Crippen LogP contribution in [0.1, 0.15) is 55.4 Å². The minimum Gasteiger partial charge on any atom is -0.334 e. The van der Waals surface area contributed by atoms with Crippen molar-refractivity contribution in [2.75, 3.05) is 12.4 Å². The highest BCUT2D eigenvalue weighted by Crippen LogP contribution is 2.31. The summed E-state index contributed by atoms with van der Waals surface area (Å²) in [5.41, 5.74) is 2.17. The van der Waals surface area contributed by atoms with Gasteiger partial charge in [-0.15, -0.1) is 0 Å². The first-order valence-corrected chi connectivity index (χ1v) is 11.8. The van der Waals surface area contributed by atoms with Gasteiger partial charge < -0.3 is 9.84 Å². The van der Waals surface area contributed by atoms with Crippen molar-refractivity contribution in [3.05, 3.63) is 59.4 Å². The average Bonchev–Trinajstić information content (AvgIpc) is 3.25. The van der Waals surface area contributed by atoms with Crippen LogP contribution in [-0.2, 0) is 10.0 Å². The third-order valence-corrected chi connectivity index (χ3v) is 7.23. The van der Waals surface area contributed by atoms with Gasteiger partial charge in [-0.1, -0.05) is 37.2 Å². The molecule has 0 fully saturated rings. The third-order valence-electron chi connectivity index (χ3n) is 5.20. The highest BCUT2D eigenvalue weighted by Gasteiger charge is 2.24. The van der Waals surface area contributed by atoms with E-state index in [4.69, 9.17) is 4.52 Å². The van der Waals surface area contributed by atoms with Crippen LogP contribution in [0.4, 0.5) is 5.69 Å². The number of carbonyl (C=O) groups excluding carboxylic acids is 1. The molecule has 3 rings (SSSR count). The summed E-state index contributed by atoms with van der Waals surface area (Å²) in [6.45, 7) is 9.36. The first-order chi connectivity index (χ1) is 15.0. The Morgan fingerprint density at radius 3 is 2.41 bits per heavy atom. The average molecular weight is 457 g/mol. The molecule has 0 spiro atoms. The molecule has 1 aromatic heterocycles. The molecule has 3 aromatic rings. The highest BCUT2D eigenvalue weighted by atomic mass is 32.2. The number of hydrogen-bond acceptors (Lipinski definition) is 6. The van der Waals surface area contributed by atoms with E-state index in [1.165, 1.54) is 23.5 Å². The van der Waals surface area contributed by atoms with Crippen LogP contribution in [0.15, 0.2) is 51.9 Å². The lowest BCUT2D eigenvalue weighted by molar-refractivity contribution is 0.102. The Labute approximate surface area is 188 Å².